The highest BCUT2D eigenvalue weighted by atomic mass is 32.1. The number of aliphatic hydroxyl groups is 1. The third kappa shape index (κ3) is 6.59. The molecule has 1 aromatic heterocycles. The molecule has 164 valence electrons. The number of thiophene rings is 1. The monoisotopic (exact) mass is 447 g/mol. The zero-order valence-electron chi connectivity index (χ0n) is 17.8. The van der Waals surface area contributed by atoms with Crippen LogP contribution in [0.25, 0.3) is 0 Å². The Hall–Kier alpha value is -3.32. The first-order chi connectivity index (χ1) is 15.4. The summed E-state index contributed by atoms with van der Waals surface area (Å²) in [5.74, 6) is 11.1. The number of hydrogen-bond acceptors (Lipinski definition) is 4. The number of benzene rings is 1. The molecule has 32 heavy (non-hydrogen) atoms. The summed E-state index contributed by atoms with van der Waals surface area (Å²) >= 11 is 1.11. The van der Waals surface area contributed by atoms with Crippen LogP contribution in [0.15, 0.2) is 54.6 Å². The SMILES string of the molecule is C[C@@H](CC#Cc1ccccc1)[C@@H](O)C=C[C@H]1CCC(=O)N1CC#Cc1ccc(C(=O)O)s1. The Kier molecular flexibility index (Phi) is 8.27. The van der Waals surface area contributed by atoms with Crippen molar-refractivity contribution in [1.82, 2.24) is 4.90 Å². The van der Waals surface area contributed by atoms with Crippen molar-refractivity contribution in [2.45, 2.75) is 38.3 Å². The lowest BCUT2D eigenvalue weighted by Gasteiger charge is -2.20. The fourth-order valence-electron chi connectivity index (χ4n) is 3.28. The highest BCUT2D eigenvalue weighted by Crippen LogP contribution is 2.21. The summed E-state index contributed by atoms with van der Waals surface area (Å²) in [4.78, 5) is 25.8. The second kappa shape index (κ2) is 11.3. The van der Waals surface area contributed by atoms with Gasteiger partial charge >= 0.3 is 5.97 Å². The number of carboxylic acids is 1. The molecule has 3 atom stereocenters. The molecule has 1 amide bonds. The van der Waals surface area contributed by atoms with Gasteiger partial charge in [-0.2, -0.15) is 0 Å². The number of aliphatic hydroxyl groups excluding tert-OH is 1. The van der Waals surface area contributed by atoms with E-state index in [1.54, 1.807) is 17.0 Å². The zero-order valence-corrected chi connectivity index (χ0v) is 18.6. The average molecular weight is 448 g/mol. The van der Waals surface area contributed by atoms with E-state index in [1.165, 1.54) is 6.07 Å². The molecule has 1 saturated heterocycles. The van der Waals surface area contributed by atoms with Crippen LogP contribution < -0.4 is 0 Å². The Bertz CT molecular complexity index is 1100. The molecule has 0 unspecified atom stereocenters. The van der Waals surface area contributed by atoms with Gasteiger partial charge in [0, 0.05) is 18.4 Å². The predicted molar refractivity (Wildman–Crippen MR) is 125 cm³/mol. The van der Waals surface area contributed by atoms with Crippen LogP contribution in [0.4, 0.5) is 0 Å². The van der Waals surface area contributed by atoms with E-state index in [4.69, 9.17) is 5.11 Å². The second-order valence-electron chi connectivity index (χ2n) is 7.62. The molecule has 1 fully saturated rings. The van der Waals surface area contributed by atoms with Gasteiger partial charge in [-0.15, -0.1) is 11.3 Å². The van der Waals surface area contributed by atoms with Crippen molar-refractivity contribution in [3.63, 3.8) is 0 Å². The van der Waals surface area contributed by atoms with Gasteiger partial charge in [0.15, 0.2) is 0 Å². The molecule has 3 rings (SSSR count). The first-order valence-electron chi connectivity index (χ1n) is 10.5. The number of carboxylic acid groups (broad SMARTS) is 1. The number of likely N-dealkylation sites (tertiary alicyclic amines) is 1. The molecule has 2 aromatic rings. The van der Waals surface area contributed by atoms with E-state index < -0.39 is 12.1 Å². The maximum Gasteiger partial charge on any atom is 0.345 e. The summed E-state index contributed by atoms with van der Waals surface area (Å²) in [5, 5.41) is 19.4. The first kappa shape index (κ1) is 23.3. The number of carbonyl (C=O) groups excluding carboxylic acids is 1. The number of nitrogens with zero attached hydrogens (tertiary/aromatic N) is 1. The number of aromatic carboxylic acids is 1. The lowest BCUT2D eigenvalue weighted by Crippen LogP contribution is -2.32. The molecule has 0 radical (unpaired) electrons. The Balaban J connectivity index is 1.54. The van der Waals surface area contributed by atoms with Crippen molar-refractivity contribution in [3.8, 4) is 23.7 Å². The minimum Gasteiger partial charge on any atom is -0.477 e. The van der Waals surface area contributed by atoms with Gasteiger partial charge in [0.05, 0.1) is 23.6 Å². The van der Waals surface area contributed by atoms with Gasteiger partial charge in [0.25, 0.3) is 0 Å². The summed E-state index contributed by atoms with van der Waals surface area (Å²) in [6, 6.07) is 12.8. The van der Waals surface area contributed by atoms with Gasteiger partial charge in [-0.3, -0.25) is 4.79 Å². The predicted octanol–water partition coefficient (Wildman–Crippen LogP) is 3.78. The highest BCUT2D eigenvalue weighted by molar-refractivity contribution is 7.14. The molecule has 0 bridgehead atoms. The van der Waals surface area contributed by atoms with Crippen molar-refractivity contribution >= 4 is 23.2 Å². The molecule has 1 aromatic carbocycles. The number of hydrogen-bond donors (Lipinski definition) is 2. The van der Waals surface area contributed by atoms with Crippen LogP contribution in [-0.2, 0) is 4.79 Å². The Morgan fingerprint density at radius 1 is 1.22 bits per heavy atom. The van der Waals surface area contributed by atoms with Crippen molar-refractivity contribution in [2.75, 3.05) is 6.54 Å². The summed E-state index contributed by atoms with van der Waals surface area (Å²) in [6.07, 6.45) is 4.69. The third-order valence-corrected chi connectivity index (χ3v) is 6.19. The summed E-state index contributed by atoms with van der Waals surface area (Å²) in [5.41, 5.74) is 0.952. The van der Waals surface area contributed by atoms with Gasteiger partial charge in [0.1, 0.15) is 4.88 Å². The van der Waals surface area contributed by atoms with Crippen molar-refractivity contribution in [3.05, 3.63) is 69.9 Å². The van der Waals surface area contributed by atoms with Crippen LogP contribution in [0, 0.1) is 29.6 Å². The topological polar surface area (TPSA) is 77.8 Å². The maximum absolute atomic E-state index is 12.2. The minimum atomic E-state index is -0.971. The number of amides is 1. The molecule has 1 aliphatic heterocycles. The fraction of sp³-hybridized carbons (Fsp3) is 0.308. The molecular formula is C26H25NO4S. The van der Waals surface area contributed by atoms with Crippen LogP contribution in [0.5, 0.6) is 0 Å². The lowest BCUT2D eigenvalue weighted by atomic mass is 9.99. The van der Waals surface area contributed by atoms with E-state index in [1.807, 2.05) is 43.3 Å². The fourth-order valence-corrected chi connectivity index (χ4v) is 4.00. The van der Waals surface area contributed by atoms with Crippen molar-refractivity contribution in [2.24, 2.45) is 5.92 Å². The molecule has 2 N–H and O–H groups in total. The molecule has 0 aliphatic carbocycles. The third-order valence-electron chi connectivity index (χ3n) is 5.20. The van der Waals surface area contributed by atoms with Gasteiger partial charge in [-0.25, -0.2) is 4.79 Å². The second-order valence-corrected chi connectivity index (χ2v) is 8.71. The van der Waals surface area contributed by atoms with Gasteiger partial charge < -0.3 is 15.1 Å². The number of carbonyl (C=O) groups is 2. The Labute approximate surface area is 192 Å². The summed E-state index contributed by atoms with van der Waals surface area (Å²) in [7, 11) is 0. The zero-order chi connectivity index (χ0) is 22.9. The van der Waals surface area contributed by atoms with E-state index >= 15 is 0 Å². The Morgan fingerprint density at radius 3 is 2.72 bits per heavy atom. The normalized spacial score (nSPS) is 17.4. The highest BCUT2D eigenvalue weighted by Gasteiger charge is 2.28. The molecule has 0 spiro atoms. The molecule has 1 aliphatic rings. The lowest BCUT2D eigenvalue weighted by molar-refractivity contribution is -0.127. The summed E-state index contributed by atoms with van der Waals surface area (Å²) in [6.45, 7) is 2.21. The maximum atomic E-state index is 12.2. The van der Waals surface area contributed by atoms with Crippen LogP contribution in [0.1, 0.15) is 46.3 Å². The van der Waals surface area contributed by atoms with Gasteiger partial charge in [0.2, 0.25) is 5.91 Å². The standard InChI is InChI=1S/C26H25NO4S/c1-19(7-5-10-20-8-3-2-4-9-20)23(28)15-12-21-13-17-25(29)27(21)18-6-11-22-14-16-24(32-22)26(30)31/h2-4,8-9,12,14-16,19,21,23,28H,7,13,17-18H2,1H3,(H,30,31)/t19-,21-,23-/m0/s1. The average Bonchev–Trinajstić information content (AvgIpc) is 3.40. The van der Waals surface area contributed by atoms with Gasteiger partial charge in [-0.1, -0.05) is 61.0 Å². The van der Waals surface area contributed by atoms with Crippen LogP contribution in [0.3, 0.4) is 0 Å². The van der Waals surface area contributed by atoms with E-state index in [0.29, 0.717) is 24.1 Å². The minimum absolute atomic E-state index is 0.0302. The van der Waals surface area contributed by atoms with Crippen LogP contribution in [-0.4, -0.2) is 45.7 Å². The molecular weight excluding hydrogens is 422 g/mol. The van der Waals surface area contributed by atoms with Crippen LogP contribution >= 0.6 is 11.3 Å². The van der Waals surface area contributed by atoms with Crippen molar-refractivity contribution < 1.29 is 19.8 Å². The van der Waals surface area contributed by atoms with Crippen LogP contribution in [0.2, 0.25) is 0 Å². The molecule has 6 heteroatoms. The quantitative estimate of drug-likeness (QED) is 0.522. The van der Waals surface area contributed by atoms with E-state index in [9.17, 15) is 14.7 Å². The van der Waals surface area contributed by atoms with Crippen molar-refractivity contribution in [1.29, 1.82) is 0 Å². The van der Waals surface area contributed by atoms with E-state index in [0.717, 1.165) is 16.9 Å². The molecule has 2 heterocycles. The largest absolute Gasteiger partial charge is 0.477 e. The summed E-state index contributed by atoms with van der Waals surface area (Å²) < 4.78 is 0. The van der Waals surface area contributed by atoms with E-state index in [2.05, 4.69) is 23.7 Å². The number of rotatable bonds is 6. The first-order valence-corrected chi connectivity index (χ1v) is 11.3. The van der Waals surface area contributed by atoms with E-state index in [-0.39, 0.29) is 29.3 Å². The van der Waals surface area contributed by atoms with Gasteiger partial charge in [-0.05, 0) is 36.6 Å². The molecule has 0 saturated carbocycles. The molecule has 5 nitrogen and oxygen atoms in total. The Morgan fingerprint density at radius 2 is 2.00 bits per heavy atom. The smallest absolute Gasteiger partial charge is 0.345 e.